The molecule has 1 atom stereocenters. The molecular formula is C31H37N7O4. The van der Waals surface area contributed by atoms with Gasteiger partial charge in [0.05, 0.1) is 14.2 Å². The van der Waals surface area contributed by atoms with Gasteiger partial charge in [0.2, 0.25) is 11.8 Å². The standard InChI is InChI=1S/C31H37N7O4/c1-20-25(16-22-8-6-5-7-9-22)30(38-31(34-20)32-19-33-38)37-14-12-24(13-15-37)36-29(40)26(35-21(2)39)17-23-10-11-27(41-3)28(18-23)42-4/h5-11,18-19,24,26H,12-17H2,1-4H3,(H,35,39)(H,36,40)/t26-/m0/s1. The summed E-state index contributed by atoms with van der Waals surface area (Å²) in [6, 6.07) is 15.1. The van der Waals surface area contributed by atoms with Crippen LogP contribution in [0.25, 0.3) is 5.78 Å². The van der Waals surface area contributed by atoms with Gasteiger partial charge in [-0.3, -0.25) is 9.59 Å². The Morgan fingerprint density at radius 3 is 2.45 bits per heavy atom. The van der Waals surface area contributed by atoms with Gasteiger partial charge in [-0.15, -0.1) is 0 Å². The first-order valence-electron chi connectivity index (χ1n) is 14.1. The van der Waals surface area contributed by atoms with Crippen LogP contribution in [0.15, 0.2) is 54.9 Å². The topological polar surface area (TPSA) is 123 Å². The Balaban J connectivity index is 1.29. The van der Waals surface area contributed by atoms with Gasteiger partial charge in [0.15, 0.2) is 11.5 Å². The molecule has 0 radical (unpaired) electrons. The molecule has 0 aliphatic carbocycles. The van der Waals surface area contributed by atoms with Crippen molar-refractivity contribution in [1.82, 2.24) is 30.2 Å². The van der Waals surface area contributed by atoms with Gasteiger partial charge in [-0.2, -0.15) is 14.6 Å². The van der Waals surface area contributed by atoms with E-state index in [4.69, 9.17) is 14.5 Å². The van der Waals surface area contributed by atoms with E-state index < -0.39 is 6.04 Å². The van der Waals surface area contributed by atoms with Crippen molar-refractivity contribution in [2.75, 3.05) is 32.2 Å². The summed E-state index contributed by atoms with van der Waals surface area (Å²) in [6.45, 7) is 4.89. The number of nitrogens with zero attached hydrogens (tertiary/aromatic N) is 5. The van der Waals surface area contributed by atoms with E-state index in [-0.39, 0.29) is 17.9 Å². The second-order valence-corrected chi connectivity index (χ2v) is 10.6. The van der Waals surface area contributed by atoms with Gasteiger partial charge in [0.1, 0.15) is 18.2 Å². The van der Waals surface area contributed by atoms with E-state index >= 15 is 0 Å². The highest BCUT2D eigenvalue weighted by atomic mass is 16.5. The van der Waals surface area contributed by atoms with Crippen molar-refractivity contribution in [2.45, 2.75) is 51.6 Å². The largest absolute Gasteiger partial charge is 0.493 e. The molecule has 2 N–H and O–H groups in total. The lowest BCUT2D eigenvalue weighted by Gasteiger charge is -2.35. The van der Waals surface area contributed by atoms with Crippen molar-refractivity contribution in [2.24, 2.45) is 0 Å². The minimum Gasteiger partial charge on any atom is -0.493 e. The number of carbonyl (C=O) groups is 2. The molecule has 0 bridgehead atoms. The minimum atomic E-state index is -0.714. The Hall–Kier alpha value is -4.67. The molecule has 0 spiro atoms. The molecule has 2 aromatic carbocycles. The van der Waals surface area contributed by atoms with Crippen molar-refractivity contribution in [1.29, 1.82) is 0 Å². The highest BCUT2D eigenvalue weighted by Gasteiger charge is 2.28. The van der Waals surface area contributed by atoms with Crippen LogP contribution in [0.5, 0.6) is 11.5 Å². The molecule has 2 amide bonds. The highest BCUT2D eigenvalue weighted by molar-refractivity contribution is 5.87. The van der Waals surface area contributed by atoms with Crippen LogP contribution in [0, 0.1) is 6.92 Å². The number of methoxy groups -OCH3 is 2. The predicted molar refractivity (Wildman–Crippen MR) is 159 cm³/mol. The summed E-state index contributed by atoms with van der Waals surface area (Å²) in [4.78, 5) is 36.7. The third-order valence-corrected chi connectivity index (χ3v) is 7.65. The molecule has 1 fully saturated rings. The Labute approximate surface area is 245 Å². The molecule has 4 aromatic rings. The molecule has 220 valence electrons. The maximum absolute atomic E-state index is 13.4. The SMILES string of the molecule is COc1ccc(C[C@H](NC(C)=O)C(=O)NC2CCN(c3c(Cc4ccccc4)c(C)nc4ncnn34)CC2)cc1OC. The fourth-order valence-corrected chi connectivity index (χ4v) is 5.54. The molecule has 11 heteroatoms. The third-order valence-electron chi connectivity index (χ3n) is 7.65. The monoisotopic (exact) mass is 571 g/mol. The van der Waals surface area contributed by atoms with Gasteiger partial charge in [0, 0.05) is 50.2 Å². The van der Waals surface area contributed by atoms with Crippen LogP contribution < -0.4 is 25.0 Å². The first-order valence-corrected chi connectivity index (χ1v) is 14.1. The summed E-state index contributed by atoms with van der Waals surface area (Å²) in [7, 11) is 3.14. The van der Waals surface area contributed by atoms with Crippen molar-refractivity contribution in [3.63, 3.8) is 0 Å². The molecule has 11 nitrogen and oxygen atoms in total. The number of aryl methyl sites for hydroxylation is 1. The number of fused-ring (bicyclic) bond motifs is 1. The number of ether oxygens (including phenoxy) is 2. The van der Waals surface area contributed by atoms with E-state index in [0.717, 1.165) is 55.0 Å². The van der Waals surface area contributed by atoms with Gasteiger partial charge in [-0.1, -0.05) is 36.4 Å². The lowest BCUT2D eigenvalue weighted by Crippen LogP contribution is -2.52. The summed E-state index contributed by atoms with van der Waals surface area (Å²) >= 11 is 0. The number of piperidine rings is 1. The van der Waals surface area contributed by atoms with E-state index in [2.05, 4.69) is 37.7 Å². The molecule has 42 heavy (non-hydrogen) atoms. The number of benzene rings is 2. The number of anilines is 1. The normalized spacial score (nSPS) is 14.4. The van der Waals surface area contributed by atoms with Crippen molar-refractivity contribution < 1.29 is 19.1 Å². The average molecular weight is 572 g/mol. The van der Waals surface area contributed by atoms with Gasteiger partial charge in [-0.05, 0) is 43.0 Å². The Morgan fingerprint density at radius 1 is 1.02 bits per heavy atom. The van der Waals surface area contributed by atoms with E-state index in [1.807, 2.05) is 41.8 Å². The number of rotatable bonds is 10. The Morgan fingerprint density at radius 2 is 1.76 bits per heavy atom. The summed E-state index contributed by atoms with van der Waals surface area (Å²) in [5, 5.41) is 10.5. The molecule has 3 heterocycles. The number of hydrogen-bond donors (Lipinski definition) is 2. The lowest BCUT2D eigenvalue weighted by molar-refractivity contribution is -0.128. The second-order valence-electron chi connectivity index (χ2n) is 10.6. The van der Waals surface area contributed by atoms with Crippen molar-refractivity contribution in [3.8, 4) is 11.5 Å². The first-order chi connectivity index (χ1) is 20.4. The van der Waals surface area contributed by atoms with Crippen LogP contribution >= 0.6 is 0 Å². The van der Waals surface area contributed by atoms with Gasteiger partial charge < -0.3 is 25.0 Å². The van der Waals surface area contributed by atoms with E-state index in [9.17, 15) is 9.59 Å². The lowest BCUT2D eigenvalue weighted by atomic mass is 10.00. The van der Waals surface area contributed by atoms with E-state index in [1.165, 1.54) is 18.8 Å². The Bertz CT molecular complexity index is 1550. The van der Waals surface area contributed by atoms with E-state index in [1.54, 1.807) is 20.3 Å². The summed E-state index contributed by atoms with van der Waals surface area (Å²) < 4.78 is 12.5. The number of carbonyl (C=O) groups excluding carboxylic acids is 2. The smallest absolute Gasteiger partial charge is 0.254 e. The van der Waals surface area contributed by atoms with Crippen LogP contribution in [-0.2, 0) is 22.4 Å². The maximum Gasteiger partial charge on any atom is 0.254 e. The third kappa shape index (κ3) is 6.45. The summed E-state index contributed by atoms with van der Waals surface area (Å²) in [6.07, 6.45) is 4.09. The Kier molecular flexibility index (Phi) is 8.85. The second kappa shape index (κ2) is 12.9. The van der Waals surface area contributed by atoms with Gasteiger partial charge in [0.25, 0.3) is 5.78 Å². The van der Waals surface area contributed by atoms with Crippen LogP contribution in [0.1, 0.15) is 42.1 Å². The molecule has 1 saturated heterocycles. The van der Waals surface area contributed by atoms with Crippen molar-refractivity contribution in [3.05, 3.63) is 77.2 Å². The zero-order valence-corrected chi connectivity index (χ0v) is 24.5. The number of amides is 2. The number of nitrogens with one attached hydrogen (secondary N) is 2. The van der Waals surface area contributed by atoms with Crippen LogP contribution in [0.4, 0.5) is 5.82 Å². The zero-order valence-electron chi connectivity index (χ0n) is 24.5. The van der Waals surface area contributed by atoms with Crippen LogP contribution in [-0.4, -0.2) is 70.8 Å². The molecule has 1 aliphatic heterocycles. The number of hydrogen-bond acceptors (Lipinski definition) is 8. The predicted octanol–water partition coefficient (Wildman–Crippen LogP) is 2.87. The van der Waals surface area contributed by atoms with Crippen LogP contribution in [0.2, 0.25) is 0 Å². The van der Waals surface area contributed by atoms with E-state index in [0.29, 0.717) is 23.7 Å². The summed E-state index contributed by atoms with van der Waals surface area (Å²) in [5.41, 5.74) is 4.09. The molecular weight excluding hydrogens is 534 g/mol. The number of aromatic nitrogens is 4. The molecule has 0 unspecified atom stereocenters. The average Bonchev–Trinajstić information content (AvgIpc) is 3.45. The fraction of sp³-hybridized carbons (Fsp3) is 0.387. The summed E-state index contributed by atoms with van der Waals surface area (Å²) in [5.74, 6) is 2.27. The van der Waals surface area contributed by atoms with Crippen LogP contribution in [0.3, 0.4) is 0 Å². The van der Waals surface area contributed by atoms with Gasteiger partial charge >= 0.3 is 0 Å². The fourth-order valence-electron chi connectivity index (χ4n) is 5.54. The minimum absolute atomic E-state index is 0.0258. The molecule has 2 aromatic heterocycles. The zero-order chi connectivity index (χ0) is 29.6. The highest BCUT2D eigenvalue weighted by Crippen LogP contribution is 2.30. The van der Waals surface area contributed by atoms with Crippen molar-refractivity contribution >= 4 is 23.4 Å². The van der Waals surface area contributed by atoms with Gasteiger partial charge in [-0.25, -0.2) is 4.98 Å². The quantitative estimate of drug-likeness (QED) is 0.298. The maximum atomic E-state index is 13.4. The molecule has 1 aliphatic rings. The molecule has 0 saturated carbocycles. The molecule has 5 rings (SSSR count). The first kappa shape index (κ1) is 28.8.